The molecule has 0 aromatic carbocycles. The molecule has 0 fully saturated rings. The van der Waals surface area contributed by atoms with Gasteiger partial charge in [0.1, 0.15) is 12.0 Å². The second-order valence-corrected chi connectivity index (χ2v) is 9.69. The van der Waals surface area contributed by atoms with Gasteiger partial charge in [0.25, 0.3) is 0 Å². The van der Waals surface area contributed by atoms with Gasteiger partial charge in [0.05, 0.1) is 13.7 Å². The first kappa shape index (κ1) is 17.1. The molecule has 106 valence electrons. The number of methoxy groups -OCH3 is 1. The molecule has 4 heteroatoms. The molecule has 0 rings (SSSR count). The molecular weight excluding hydrogens is 244 g/mol. The van der Waals surface area contributed by atoms with Crippen LogP contribution in [0.4, 0.5) is 0 Å². The minimum Gasteiger partial charge on any atom is -0.542 e. The minimum absolute atomic E-state index is 0.575. The van der Waals surface area contributed by atoms with E-state index in [9.17, 15) is 0 Å². The van der Waals surface area contributed by atoms with Crippen molar-refractivity contribution in [1.82, 2.24) is 0 Å². The second-order valence-electron chi connectivity index (χ2n) is 5.26. The zero-order valence-corrected chi connectivity index (χ0v) is 13.5. The largest absolute Gasteiger partial charge is 0.542 e. The van der Waals surface area contributed by atoms with E-state index in [-0.39, 0.29) is 0 Å². The van der Waals surface area contributed by atoms with Gasteiger partial charge < -0.3 is 13.9 Å². The van der Waals surface area contributed by atoms with Crippen molar-refractivity contribution in [3.63, 3.8) is 0 Å². The standard InChI is InChI=1S/C14H28O3Si/c1-7-8-9-10-11-16-14(12-15-3)13(2)17-18(4,5)6/h12H,2,7-11H2,1,3-6H3. The summed E-state index contributed by atoms with van der Waals surface area (Å²) >= 11 is 0. The molecule has 0 spiro atoms. The van der Waals surface area contributed by atoms with Crippen LogP contribution in [0.2, 0.25) is 19.6 Å². The van der Waals surface area contributed by atoms with Crippen LogP contribution in [0.3, 0.4) is 0 Å². The van der Waals surface area contributed by atoms with Crippen LogP contribution in [0.25, 0.3) is 0 Å². The quantitative estimate of drug-likeness (QED) is 0.255. The number of rotatable bonds is 10. The molecule has 0 N–H and O–H groups in total. The Morgan fingerprint density at radius 1 is 1.17 bits per heavy atom. The third kappa shape index (κ3) is 9.16. The fraction of sp³-hybridized carbons (Fsp3) is 0.714. The van der Waals surface area contributed by atoms with Crippen molar-refractivity contribution >= 4 is 8.32 Å². The number of hydrogen-bond acceptors (Lipinski definition) is 3. The van der Waals surface area contributed by atoms with Crippen molar-refractivity contribution in [3.05, 3.63) is 24.4 Å². The fourth-order valence-corrected chi connectivity index (χ4v) is 2.26. The van der Waals surface area contributed by atoms with E-state index in [4.69, 9.17) is 13.9 Å². The number of unbranched alkanes of at least 4 members (excludes halogenated alkanes) is 3. The Balaban J connectivity index is 4.15. The average Bonchev–Trinajstić information content (AvgIpc) is 2.25. The van der Waals surface area contributed by atoms with Gasteiger partial charge in [-0.15, -0.1) is 0 Å². The number of ether oxygens (including phenoxy) is 2. The zero-order chi connectivity index (χ0) is 14.0. The Kier molecular flexibility index (Phi) is 8.63. The fourth-order valence-electron chi connectivity index (χ4n) is 1.42. The minimum atomic E-state index is -1.65. The monoisotopic (exact) mass is 272 g/mol. The third-order valence-electron chi connectivity index (χ3n) is 2.18. The van der Waals surface area contributed by atoms with E-state index in [1.165, 1.54) is 19.3 Å². The van der Waals surface area contributed by atoms with E-state index < -0.39 is 8.32 Å². The normalized spacial score (nSPS) is 12.2. The van der Waals surface area contributed by atoms with Gasteiger partial charge in [0.2, 0.25) is 8.32 Å². The van der Waals surface area contributed by atoms with Crippen LogP contribution in [0.5, 0.6) is 0 Å². The Labute approximate surface area is 113 Å². The summed E-state index contributed by atoms with van der Waals surface area (Å²) in [6.45, 7) is 13.1. The molecule has 0 atom stereocenters. The van der Waals surface area contributed by atoms with Gasteiger partial charge in [-0.05, 0) is 26.1 Å². The molecule has 0 radical (unpaired) electrons. The maximum Gasteiger partial charge on any atom is 0.242 e. The molecule has 18 heavy (non-hydrogen) atoms. The zero-order valence-electron chi connectivity index (χ0n) is 12.5. The van der Waals surface area contributed by atoms with Gasteiger partial charge in [-0.25, -0.2) is 0 Å². The van der Waals surface area contributed by atoms with Crippen molar-refractivity contribution in [1.29, 1.82) is 0 Å². The summed E-state index contributed by atoms with van der Waals surface area (Å²) in [4.78, 5) is 0. The summed E-state index contributed by atoms with van der Waals surface area (Å²) in [5.41, 5.74) is 0. The van der Waals surface area contributed by atoms with Crippen molar-refractivity contribution in [2.45, 2.75) is 52.2 Å². The molecule has 0 aromatic rings. The highest BCUT2D eigenvalue weighted by atomic mass is 28.4. The van der Waals surface area contributed by atoms with Crippen molar-refractivity contribution in [2.75, 3.05) is 13.7 Å². The lowest BCUT2D eigenvalue weighted by molar-refractivity contribution is 0.174. The highest BCUT2D eigenvalue weighted by molar-refractivity contribution is 6.70. The predicted octanol–water partition coefficient (Wildman–Crippen LogP) is 4.44. The molecule has 0 aliphatic heterocycles. The summed E-state index contributed by atoms with van der Waals surface area (Å²) in [7, 11) is -0.0488. The van der Waals surface area contributed by atoms with E-state index in [0.29, 0.717) is 18.1 Å². The lowest BCUT2D eigenvalue weighted by Gasteiger charge is -2.22. The van der Waals surface area contributed by atoms with E-state index >= 15 is 0 Å². The molecule has 0 aliphatic rings. The Hall–Kier alpha value is -0.903. The van der Waals surface area contributed by atoms with Gasteiger partial charge in [0, 0.05) is 0 Å². The lowest BCUT2D eigenvalue weighted by atomic mass is 10.2. The Bertz CT molecular complexity index is 267. The van der Waals surface area contributed by atoms with E-state index in [2.05, 4.69) is 33.1 Å². The van der Waals surface area contributed by atoms with Gasteiger partial charge in [-0.3, -0.25) is 0 Å². The molecule has 0 aliphatic carbocycles. The summed E-state index contributed by atoms with van der Waals surface area (Å²) in [6, 6.07) is 0. The maximum absolute atomic E-state index is 5.80. The third-order valence-corrected chi connectivity index (χ3v) is 3.04. The van der Waals surface area contributed by atoms with Crippen LogP contribution < -0.4 is 0 Å². The highest BCUT2D eigenvalue weighted by Gasteiger charge is 2.19. The average molecular weight is 272 g/mol. The first-order chi connectivity index (χ1) is 8.40. The van der Waals surface area contributed by atoms with Crippen LogP contribution in [-0.2, 0) is 13.9 Å². The summed E-state index contributed by atoms with van der Waals surface area (Å²) in [5, 5.41) is 0. The molecule has 0 unspecified atom stereocenters. The lowest BCUT2D eigenvalue weighted by Crippen LogP contribution is -2.25. The molecular formula is C14H28O3Si. The Morgan fingerprint density at radius 3 is 2.33 bits per heavy atom. The first-order valence-corrected chi connectivity index (χ1v) is 10.1. The van der Waals surface area contributed by atoms with Crippen LogP contribution in [0.15, 0.2) is 24.4 Å². The molecule has 0 saturated carbocycles. The van der Waals surface area contributed by atoms with Crippen LogP contribution in [-0.4, -0.2) is 22.0 Å². The molecule has 0 aromatic heterocycles. The van der Waals surface area contributed by atoms with E-state index in [1.54, 1.807) is 13.4 Å². The van der Waals surface area contributed by atoms with Crippen molar-refractivity contribution in [3.8, 4) is 0 Å². The molecule has 0 saturated heterocycles. The summed E-state index contributed by atoms with van der Waals surface area (Å²) in [5.74, 6) is 1.18. The molecule has 0 heterocycles. The highest BCUT2D eigenvalue weighted by Crippen LogP contribution is 2.18. The molecule has 0 bridgehead atoms. The number of hydrogen-bond donors (Lipinski definition) is 0. The molecule has 0 amide bonds. The summed E-state index contributed by atoms with van der Waals surface area (Å²) in [6.07, 6.45) is 6.28. The first-order valence-electron chi connectivity index (χ1n) is 6.64. The van der Waals surface area contributed by atoms with Crippen LogP contribution in [0, 0.1) is 0 Å². The smallest absolute Gasteiger partial charge is 0.242 e. The maximum atomic E-state index is 5.80. The Morgan fingerprint density at radius 2 is 1.83 bits per heavy atom. The van der Waals surface area contributed by atoms with Crippen LogP contribution >= 0.6 is 0 Å². The SMILES string of the molecule is C=C(O[Si](C)(C)C)C(=COC)OCCCCCC. The van der Waals surface area contributed by atoms with Crippen molar-refractivity contribution < 1.29 is 13.9 Å². The molecule has 3 nitrogen and oxygen atoms in total. The predicted molar refractivity (Wildman–Crippen MR) is 78.8 cm³/mol. The summed E-state index contributed by atoms with van der Waals surface area (Å²) < 4.78 is 16.5. The van der Waals surface area contributed by atoms with Gasteiger partial charge >= 0.3 is 0 Å². The van der Waals surface area contributed by atoms with E-state index in [0.717, 1.165) is 6.42 Å². The van der Waals surface area contributed by atoms with Gasteiger partial charge in [-0.2, -0.15) is 0 Å². The van der Waals surface area contributed by atoms with Crippen LogP contribution in [0.1, 0.15) is 32.6 Å². The van der Waals surface area contributed by atoms with Crippen molar-refractivity contribution in [2.24, 2.45) is 0 Å². The van der Waals surface area contributed by atoms with E-state index in [1.807, 2.05) is 0 Å². The topological polar surface area (TPSA) is 27.7 Å². The second kappa shape index (κ2) is 9.08. The van der Waals surface area contributed by atoms with Gasteiger partial charge in [0.15, 0.2) is 5.76 Å². The van der Waals surface area contributed by atoms with Gasteiger partial charge in [-0.1, -0.05) is 32.8 Å².